The largest absolute Gasteiger partial charge is 0.347 e. The molecular formula is C27H34ClN3O2. The molecule has 3 aliphatic rings. The first-order valence-corrected chi connectivity index (χ1v) is 12.4. The average Bonchev–Trinajstić information content (AvgIpc) is 3.30. The summed E-state index contributed by atoms with van der Waals surface area (Å²) in [5, 5.41) is 0.579. The first-order valence-electron chi connectivity index (χ1n) is 12.1. The Morgan fingerprint density at radius 1 is 1.27 bits per heavy atom. The van der Waals surface area contributed by atoms with E-state index in [1.807, 2.05) is 31.2 Å². The molecule has 2 fully saturated rings. The van der Waals surface area contributed by atoms with Crippen LogP contribution in [0.2, 0.25) is 5.15 Å². The lowest BCUT2D eigenvalue weighted by Gasteiger charge is -2.48. The normalized spacial score (nSPS) is 27.3. The molecule has 0 radical (unpaired) electrons. The fourth-order valence-electron chi connectivity index (χ4n) is 5.60. The molecule has 3 atom stereocenters. The van der Waals surface area contributed by atoms with Crippen molar-refractivity contribution in [1.82, 2.24) is 9.97 Å². The standard InChI is InChI=1S/C27H34ClN3O2/c1-5-8-9-23(29-14-6-2)19(7-3)17-24-30-25-21-12-13-27(32-15-16-33-27)18(4)20(21)10-11-22(25)26(28)31-24/h5-6,8-9,14,17-18,20-21H,1,7,10-13,15-16H2,2-4H3/b9-8-,14-6-,19-17+,29-23+. The van der Waals surface area contributed by atoms with E-state index in [0.717, 1.165) is 54.6 Å². The predicted octanol–water partition coefficient (Wildman–Crippen LogP) is 6.46. The average molecular weight is 468 g/mol. The zero-order valence-corrected chi connectivity index (χ0v) is 20.6. The molecule has 176 valence electrons. The van der Waals surface area contributed by atoms with Crippen LogP contribution in [-0.4, -0.2) is 34.7 Å². The van der Waals surface area contributed by atoms with Crippen molar-refractivity contribution in [3.8, 4) is 0 Å². The van der Waals surface area contributed by atoms with Crippen molar-refractivity contribution in [1.29, 1.82) is 0 Å². The van der Waals surface area contributed by atoms with Gasteiger partial charge < -0.3 is 9.47 Å². The van der Waals surface area contributed by atoms with Gasteiger partial charge in [-0.3, -0.25) is 4.99 Å². The molecular weight excluding hydrogens is 434 g/mol. The van der Waals surface area contributed by atoms with E-state index in [-0.39, 0.29) is 0 Å². The summed E-state index contributed by atoms with van der Waals surface area (Å²) in [4.78, 5) is 14.3. The number of rotatable bonds is 6. The number of aromatic nitrogens is 2. The van der Waals surface area contributed by atoms with Crippen LogP contribution in [0.5, 0.6) is 0 Å². The molecule has 1 aromatic heterocycles. The van der Waals surface area contributed by atoms with Crippen LogP contribution in [0, 0.1) is 11.8 Å². The summed E-state index contributed by atoms with van der Waals surface area (Å²) in [5.41, 5.74) is 4.15. The number of ether oxygens (including phenoxy) is 2. The Morgan fingerprint density at radius 2 is 2.06 bits per heavy atom. The third kappa shape index (κ3) is 4.77. The minimum Gasteiger partial charge on any atom is -0.347 e. The van der Waals surface area contributed by atoms with E-state index >= 15 is 0 Å². The van der Waals surface area contributed by atoms with Crippen LogP contribution in [0.4, 0.5) is 0 Å². The summed E-state index contributed by atoms with van der Waals surface area (Å²) in [7, 11) is 0. The first-order chi connectivity index (χ1) is 16.0. The highest BCUT2D eigenvalue weighted by Gasteiger charge is 2.52. The highest BCUT2D eigenvalue weighted by Crippen LogP contribution is 2.53. The van der Waals surface area contributed by atoms with Gasteiger partial charge in [0.15, 0.2) is 11.6 Å². The Hall–Kier alpha value is -2.08. The van der Waals surface area contributed by atoms with E-state index in [1.54, 1.807) is 12.3 Å². The van der Waals surface area contributed by atoms with Crippen LogP contribution >= 0.6 is 11.6 Å². The van der Waals surface area contributed by atoms with Crippen LogP contribution in [0.3, 0.4) is 0 Å². The van der Waals surface area contributed by atoms with Crippen LogP contribution in [-0.2, 0) is 15.9 Å². The van der Waals surface area contributed by atoms with Gasteiger partial charge in [0, 0.05) is 30.0 Å². The molecule has 3 unspecified atom stereocenters. The number of hydrogen-bond donors (Lipinski definition) is 0. The third-order valence-electron chi connectivity index (χ3n) is 7.28. The van der Waals surface area contributed by atoms with Gasteiger partial charge in [-0.15, -0.1) is 0 Å². The summed E-state index contributed by atoms with van der Waals surface area (Å²) >= 11 is 6.71. The van der Waals surface area contributed by atoms with E-state index in [0.29, 0.717) is 41.9 Å². The molecule has 4 rings (SSSR count). The molecule has 0 amide bonds. The molecule has 2 heterocycles. The van der Waals surface area contributed by atoms with E-state index in [9.17, 15) is 0 Å². The van der Waals surface area contributed by atoms with Crippen molar-refractivity contribution < 1.29 is 9.47 Å². The highest BCUT2D eigenvalue weighted by molar-refractivity contribution is 6.30. The fraction of sp³-hybridized carbons (Fsp3) is 0.519. The Bertz CT molecular complexity index is 1000. The second kappa shape index (κ2) is 10.5. The van der Waals surface area contributed by atoms with Gasteiger partial charge in [-0.1, -0.05) is 50.3 Å². The maximum Gasteiger partial charge on any atom is 0.171 e. The van der Waals surface area contributed by atoms with E-state index in [4.69, 9.17) is 26.1 Å². The quantitative estimate of drug-likeness (QED) is 0.273. The van der Waals surface area contributed by atoms with Gasteiger partial charge in [0.05, 0.1) is 24.6 Å². The lowest BCUT2D eigenvalue weighted by molar-refractivity contribution is -0.226. The second-order valence-corrected chi connectivity index (χ2v) is 9.35. The third-order valence-corrected chi connectivity index (χ3v) is 7.60. The summed E-state index contributed by atoms with van der Waals surface area (Å²) in [6, 6.07) is 0. The summed E-state index contributed by atoms with van der Waals surface area (Å²) in [5.74, 6) is 1.40. The maximum absolute atomic E-state index is 6.71. The minimum absolute atomic E-state index is 0.328. The number of allylic oxidation sites excluding steroid dienone is 5. The zero-order valence-electron chi connectivity index (χ0n) is 19.9. The second-order valence-electron chi connectivity index (χ2n) is 9.00. The molecule has 1 saturated carbocycles. The first kappa shape index (κ1) is 24.1. The molecule has 0 bridgehead atoms. The molecule has 33 heavy (non-hydrogen) atoms. The highest BCUT2D eigenvalue weighted by atomic mass is 35.5. The van der Waals surface area contributed by atoms with Crippen LogP contribution in [0.15, 0.2) is 47.6 Å². The summed E-state index contributed by atoms with van der Waals surface area (Å²) < 4.78 is 12.2. The zero-order chi connectivity index (χ0) is 23.4. The molecule has 1 aromatic rings. The van der Waals surface area contributed by atoms with Gasteiger partial charge in [0.25, 0.3) is 0 Å². The van der Waals surface area contributed by atoms with E-state index in [2.05, 4.69) is 30.4 Å². The van der Waals surface area contributed by atoms with Crippen molar-refractivity contribution in [3.05, 3.63) is 64.9 Å². The van der Waals surface area contributed by atoms with Gasteiger partial charge >= 0.3 is 0 Å². The Labute approximate surface area is 202 Å². The van der Waals surface area contributed by atoms with Crippen molar-refractivity contribution in [2.75, 3.05) is 13.2 Å². The number of fused-ring (bicyclic) bond motifs is 3. The SMILES string of the molecule is C=C\C=C/C(=N\C=C/C)C(=C/c1nc(Cl)c2c(n1)C1CCC3(OCCO3)C(C)C1CC2)/CC. The van der Waals surface area contributed by atoms with Crippen molar-refractivity contribution in [2.24, 2.45) is 16.8 Å². The number of aliphatic imine (C=N–C) groups is 1. The van der Waals surface area contributed by atoms with E-state index < -0.39 is 5.79 Å². The molecule has 0 aromatic carbocycles. The van der Waals surface area contributed by atoms with E-state index in [1.165, 1.54) is 0 Å². The van der Waals surface area contributed by atoms with Gasteiger partial charge in [0.2, 0.25) is 0 Å². The Balaban J connectivity index is 1.69. The lowest BCUT2D eigenvalue weighted by atomic mass is 9.63. The molecule has 1 saturated heterocycles. The Kier molecular flexibility index (Phi) is 7.62. The Morgan fingerprint density at radius 3 is 2.76 bits per heavy atom. The molecule has 5 nitrogen and oxygen atoms in total. The topological polar surface area (TPSA) is 56.6 Å². The molecule has 1 aliphatic heterocycles. The monoisotopic (exact) mass is 467 g/mol. The van der Waals surface area contributed by atoms with Crippen molar-refractivity contribution >= 4 is 23.4 Å². The van der Waals surface area contributed by atoms with Gasteiger partial charge in [-0.2, -0.15) is 0 Å². The maximum atomic E-state index is 6.71. The minimum atomic E-state index is -0.413. The smallest absolute Gasteiger partial charge is 0.171 e. The van der Waals surface area contributed by atoms with Gasteiger partial charge in [-0.05, 0) is 56.3 Å². The van der Waals surface area contributed by atoms with Crippen LogP contribution in [0.25, 0.3) is 6.08 Å². The molecule has 0 N–H and O–H groups in total. The van der Waals surface area contributed by atoms with Crippen molar-refractivity contribution in [2.45, 2.75) is 64.6 Å². The molecule has 1 spiro atoms. The fourth-order valence-corrected chi connectivity index (χ4v) is 5.88. The lowest BCUT2D eigenvalue weighted by Crippen LogP contribution is -2.48. The predicted molar refractivity (Wildman–Crippen MR) is 134 cm³/mol. The van der Waals surface area contributed by atoms with Crippen molar-refractivity contribution in [3.63, 3.8) is 0 Å². The number of hydrogen-bond acceptors (Lipinski definition) is 5. The number of nitrogens with zero attached hydrogens (tertiary/aromatic N) is 3. The molecule has 2 aliphatic carbocycles. The molecule has 6 heteroatoms. The van der Waals surface area contributed by atoms with Gasteiger partial charge in [-0.25, -0.2) is 9.97 Å². The number of halogens is 1. The van der Waals surface area contributed by atoms with Gasteiger partial charge in [0.1, 0.15) is 5.15 Å². The summed E-state index contributed by atoms with van der Waals surface area (Å²) in [6.45, 7) is 11.5. The summed E-state index contributed by atoms with van der Waals surface area (Å²) in [6.07, 6.45) is 16.0. The van der Waals surface area contributed by atoms with Crippen LogP contribution < -0.4 is 0 Å². The van der Waals surface area contributed by atoms with Crippen LogP contribution in [0.1, 0.15) is 69.5 Å².